The predicted octanol–water partition coefficient (Wildman–Crippen LogP) is 17.4. The van der Waals surface area contributed by atoms with Gasteiger partial charge in [0.15, 0.2) is 0 Å². The molecule has 68 heavy (non-hydrogen) atoms. The first-order valence-electron chi connectivity index (χ1n) is 26.3. The molecule has 0 heterocycles. The van der Waals surface area contributed by atoms with Crippen molar-refractivity contribution in [3.63, 3.8) is 0 Å². The SMILES string of the molecule is C1=Cc2ccccc2C1.C1=Cc2ccccc2CC1.C1=Cc2ccccc2CCC1.c1ccc2c(c1)CC2.c1ccc2c(c1)CCC2.c1ccc2c(c1)CCCC2.c1ccc2c(c1)CCCCC2. The lowest BCUT2D eigenvalue weighted by molar-refractivity contribution is 0.685. The fourth-order valence-electron chi connectivity index (χ4n) is 10.3. The van der Waals surface area contributed by atoms with Gasteiger partial charge in [-0.1, -0.05) is 213 Å². The molecule has 0 spiro atoms. The lowest BCUT2D eigenvalue weighted by Gasteiger charge is -2.16. The Labute approximate surface area is 410 Å². The Bertz CT molecular complexity index is 2600. The minimum Gasteiger partial charge on any atom is -0.0839 e. The van der Waals surface area contributed by atoms with E-state index < -0.39 is 0 Å². The van der Waals surface area contributed by atoms with Gasteiger partial charge in [-0.25, -0.2) is 0 Å². The van der Waals surface area contributed by atoms with Crippen molar-refractivity contribution in [1.29, 1.82) is 0 Å². The highest BCUT2D eigenvalue weighted by Gasteiger charge is 2.10. The van der Waals surface area contributed by atoms with Crippen molar-refractivity contribution in [2.75, 3.05) is 0 Å². The van der Waals surface area contributed by atoms with Crippen molar-refractivity contribution in [3.8, 4) is 0 Å². The van der Waals surface area contributed by atoms with Gasteiger partial charge in [0.2, 0.25) is 0 Å². The molecule has 0 nitrogen and oxygen atoms in total. The molecule has 7 aromatic carbocycles. The summed E-state index contributed by atoms with van der Waals surface area (Å²) in [7, 11) is 0. The highest BCUT2D eigenvalue weighted by atomic mass is 14.2. The van der Waals surface area contributed by atoms with Crippen molar-refractivity contribution in [2.45, 2.75) is 128 Å². The van der Waals surface area contributed by atoms with Crippen LogP contribution < -0.4 is 0 Å². The van der Waals surface area contributed by atoms with E-state index in [4.69, 9.17) is 0 Å². The van der Waals surface area contributed by atoms with Gasteiger partial charge < -0.3 is 0 Å². The maximum atomic E-state index is 2.28. The predicted molar refractivity (Wildman–Crippen MR) is 294 cm³/mol. The maximum absolute atomic E-state index is 2.28. The van der Waals surface area contributed by atoms with Gasteiger partial charge in [0.05, 0.1) is 0 Å². The molecule has 0 aromatic heterocycles. The van der Waals surface area contributed by atoms with Gasteiger partial charge in [0.25, 0.3) is 0 Å². The maximum Gasteiger partial charge on any atom is -0.00882 e. The molecule has 0 unspecified atom stereocenters. The van der Waals surface area contributed by atoms with E-state index in [1.165, 1.54) is 155 Å². The highest BCUT2D eigenvalue weighted by Crippen LogP contribution is 2.24. The Hall–Kier alpha value is -6.24. The van der Waals surface area contributed by atoms with Crippen molar-refractivity contribution in [2.24, 2.45) is 0 Å². The molecule has 14 rings (SSSR count). The van der Waals surface area contributed by atoms with E-state index in [0.29, 0.717) is 0 Å². The molecule has 0 radical (unpaired) electrons. The van der Waals surface area contributed by atoms with Crippen LogP contribution in [0.4, 0.5) is 0 Å². The zero-order chi connectivity index (χ0) is 46.3. The fraction of sp³-hybridized carbons (Fsp3) is 0.294. The molecule has 0 saturated carbocycles. The fourth-order valence-corrected chi connectivity index (χ4v) is 10.3. The Kier molecular flexibility index (Phi) is 19.1. The molecule has 7 aliphatic carbocycles. The number of rotatable bonds is 0. The molecule has 0 fully saturated rings. The lowest BCUT2D eigenvalue weighted by atomic mass is 9.89. The number of hydrogen-bond acceptors (Lipinski definition) is 0. The molecule has 0 bridgehead atoms. The van der Waals surface area contributed by atoms with Crippen LogP contribution in [0.3, 0.4) is 0 Å². The van der Waals surface area contributed by atoms with Gasteiger partial charge in [0, 0.05) is 0 Å². The summed E-state index contributed by atoms with van der Waals surface area (Å²) in [5, 5.41) is 0. The van der Waals surface area contributed by atoms with Gasteiger partial charge in [-0.2, -0.15) is 0 Å². The van der Waals surface area contributed by atoms with Gasteiger partial charge in [-0.05, 0) is 200 Å². The van der Waals surface area contributed by atoms with Crippen LogP contribution in [0, 0.1) is 0 Å². The van der Waals surface area contributed by atoms with Crippen molar-refractivity contribution < 1.29 is 0 Å². The zero-order valence-electron chi connectivity index (χ0n) is 40.8. The van der Waals surface area contributed by atoms with Crippen LogP contribution in [0.25, 0.3) is 18.2 Å². The number of hydrogen-bond donors (Lipinski definition) is 0. The quantitative estimate of drug-likeness (QED) is 0.133. The van der Waals surface area contributed by atoms with Crippen molar-refractivity contribution >= 4 is 18.2 Å². The average Bonchev–Trinajstić information content (AvgIpc) is 3.95. The summed E-state index contributed by atoms with van der Waals surface area (Å²) in [4.78, 5) is 0. The minimum atomic E-state index is 1.12. The van der Waals surface area contributed by atoms with Crippen LogP contribution in [-0.2, 0) is 70.6 Å². The second kappa shape index (κ2) is 26.9. The molecule has 0 heteroatoms. The van der Waals surface area contributed by atoms with Crippen LogP contribution >= 0.6 is 0 Å². The topological polar surface area (TPSA) is 0 Å². The zero-order valence-corrected chi connectivity index (χ0v) is 40.8. The van der Waals surface area contributed by atoms with Crippen LogP contribution in [0.5, 0.6) is 0 Å². The van der Waals surface area contributed by atoms with E-state index in [0.717, 1.165) is 6.42 Å². The third kappa shape index (κ3) is 14.9. The molecule has 7 aliphatic rings. The van der Waals surface area contributed by atoms with E-state index in [9.17, 15) is 0 Å². The summed E-state index contributed by atoms with van der Waals surface area (Å²) >= 11 is 0. The third-order valence-electron chi connectivity index (χ3n) is 14.4. The molecule has 346 valence electrons. The number of fused-ring (bicyclic) bond motifs is 7. The molecular weight excluding hydrogens is 817 g/mol. The Balaban J connectivity index is 0.000000107. The smallest absolute Gasteiger partial charge is 0.00882 e. The summed E-state index contributed by atoms with van der Waals surface area (Å²) in [6.07, 6.45) is 39.4. The lowest BCUT2D eigenvalue weighted by Crippen LogP contribution is -2.06. The second-order valence-corrected chi connectivity index (χ2v) is 19.1. The van der Waals surface area contributed by atoms with Gasteiger partial charge in [-0.3, -0.25) is 0 Å². The highest BCUT2D eigenvalue weighted by molar-refractivity contribution is 5.59. The molecular formula is C68H74. The average molecular weight is 891 g/mol. The van der Waals surface area contributed by atoms with Gasteiger partial charge in [0.1, 0.15) is 0 Å². The molecule has 0 N–H and O–H groups in total. The van der Waals surface area contributed by atoms with E-state index in [2.05, 4.69) is 206 Å². The van der Waals surface area contributed by atoms with Gasteiger partial charge >= 0.3 is 0 Å². The Morgan fingerprint density at radius 3 is 0.882 bits per heavy atom. The van der Waals surface area contributed by atoms with E-state index in [1.807, 2.05) is 0 Å². The Morgan fingerprint density at radius 1 is 0.191 bits per heavy atom. The van der Waals surface area contributed by atoms with Crippen LogP contribution in [0.1, 0.15) is 136 Å². The first kappa shape index (κ1) is 48.2. The van der Waals surface area contributed by atoms with Crippen LogP contribution in [0.2, 0.25) is 0 Å². The summed E-state index contributed by atoms with van der Waals surface area (Å²) in [6.45, 7) is 0. The summed E-state index contributed by atoms with van der Waals surface area (Å²) in [6, 6.07) is 60.8. The molecule has 0 amide bonds. The standard InChI is InChI=1S/C11H14.C11H12.C10H12.C10H10.C9H10.C9H8.C8H8/c2*1-2-6-10-8-4-5-9-11(10)7-3-1;2*1-2-6-10-8-4-3-7-9(10)5-1;2*1-2-5-9-7-3-6-8(9)4-1;1-2-4-8-6-5-7(8)3-1/h4-5,8-9H,1-3,6-7H2;2,4-6,8-9H,1,3,7H2;1-2,5-6H,3-4,7-8H2;1-3,5-7H,4,8H2;1-2,4-5H,3,6-7H2;1-6H,7H2;1-4H,5-6H2. The van der Waals surface area contributed by atoms with Crippen molar-refractivity contribution in [3.05, 3.63) is 266 Å². The summed E-state index contributed by atoms with van der Waals surface area (Å²) < 4.78 is 0. The number of allylic oxidation sites excluding steroid dienone is 3. The number of benzene rings is 7. The molecule has 0 saturated heterocycles. The molecule has 7 aromatic rings. The normalized spacial score (nSPS) is 15.5. The largest absolute Gasteiger partial charge is 0.0839 e. The van der Waals surface area contributed by atoms with E-state index in [-0.39, 0.29) is 0 Å². The van der Waals surface area contributed by atoms with E-state index in [1.54, 1.807) is 44.5 Å². The van der Waals surface area contributed by atoms with Gasteiger partial charge in [-0.15, -0.1) is 0 Å². The third-order valence-corrected chi connectivity index (χ3v) is 14.4. The summed E-state index contributed by atoms with van der Waals surface area (Å²) in [5.74, 6) is 0. The first-order valence-corrected chi connectivity index (χ1v) is 26.3. The van der Waals surface area contributed by atoms with Crippen LogP contribution in [0.15, 0.2) is 188 Å². The minimum absolute atomic E-state index is 1.12. The van der Waals surface area contributed by atoms with E-state index >= 15 is 0 Å². The second-order valence-electron chi connectivity index (χ2n) is 19.1. The van der Waals surface area contributed by atoms with Crippen molar-refractivity contribution in [1.82, 2.24) is 0 Å². The first-order chi connectivity index (χ1) is 33.8. The molecule has 0 atom stereocenters. The Morgan fingerprint density at radius 2 is 0.485 bits per heavy atom. The monoisotopic (exact) mass is 891 g/mol. The number of aryl methyl sites for hydroxylation is 10. The summed E-state index contributed by atoms with van der Waals surface area (Å²) in [5.41, 5.74) is 21.2. The van der Waals surface area contributed by atoms with Crippen LogP contribution in [-0.4, -0.2) is 0 Å². The molecule has 0 aliphatic heterocycles.